The van der Waals surface area contributed by atoms with Crippen molar-refractivity contribution in [3.8, 4) is 0 Å². The largest absolute Gasteiger partial charge is 0.396 e. The lowest BCUT2D eigenvalue weighted by Gasteiger charge is -2.08. The summed E-state index contributed by atoms with van der Waals surface area (Å²) in [5.41, 5.74) is 0. The van der Waals surface area contributed by atoms with Crippen LogP contribution in [0.15, 0.2) is 0 Å². The van der Waals surface area contributed by atoms with Gasteiger partial charge in [0.2, 0.25) is 0 Å². The zero-order chi connectivity index (χ0) is 7.82. The molecule has 0 atom stereocenters. The molecule has 62 valence electrons. The topological polar surface area (TPSA) is 40.5 Å². The van der Waals surface area contributed by atoms with Crippen molar-refractivity contribution in [2.24, 2.45) is 5.92 Å². The van der Waals surface area contributed by atoms with Gasteiger partial charge in [0, 0.05) is 19.1 Å². The SMILES string of the molecule is CSCCCC(CO)CO. The van der Waals surface area contributed by atoms with Crippen LogP contribution in [0.1, 0.15) is 12.8 Å². The second kappa shape index (κ2) is 7.38. The van der Waals surface area contributed by atoms with Crippen molar-refractivity contribution in [3.63, 3.8) is 0 Å². The molecule has 0 aromatic heterocycles. The Bertz CT molecular complexity index is 64.6. The van der Waals surface area contributed by atoms with E-state index in [0.717, 1.165) is 18.6 Å². The normalized spacial score (nSPS) is 10.8. The van der Waals surface area contributed by atoms with Crippen molar-refractivity contribution in [3.05, 3.63) is 0 Å². The van der Waals surface area contributed by atoms with Gasteiger partial charge in [-0.2, -0.15) is 11.8 Å². The van der Waals surface area contributed by atoms with Gasteiger partial charge in [-0.3, -0.25) is 0 Å². The minimum Gasteiger partial charge on any atom is -0.396 e. The van der Waals surface area contributed by atoms with Crippen molar-refractivity contribution in [1.29, 1.82) is 0 Å². The summed E-state index contributed by atoms with van der Waals surface area (Å²) >= 11 is 1.80. The van der Waals surface area contributed by atoms with Gasteiger partial charge < -0.3 is 10.2 Å². The molecule has 0 saturated carbocycles. The second-order valence-corrected chi connectivity index (χ2v) is 3.35. The maximum Gasteiger partial charge on any atom is 0.0481 e. The van der Waals surface area contributed by atoms with E-state index in [1.165, 1.54) is 0 Å². The molecule has 0 aromatic rings. The molecular weight excluding hydrogens is 148 g/mol. The van der Waals surface area contributed by atoms with Crippen LogP contribution in [0.4, 0.5) is 0 Å². The fourth-order valence-corrected chi connectivity index (χ4v) is 1.21. The molecule has 3 heteroatoms. The average molecular weight is 164 g/mol. The first-order valence-electron chi connectivity index (χ1n) is 3.55. The Morgan fingerprint density at radius 3 is 2.30 bits per heavy atom. The molecule has 0 fully saturated rings. The minimum absolute atomic E-state index is 0.104. The summed E-state index contributed by atoms with van der Waals surface area (Å²) in [6.07, 6.45) is 4.09. The van der Waals surface area contributed by atoms with Crippen LogP contribution in [0.3, 0.4) is 0 Å². The molecule has 2 N–H and O–H groups in total. The van der Waals surface area contributed by atoms with E-state index in [1.807, 2.05) is 0 Å². The number of rotatable bonds is 6. The third-order valence-electron chi connectivity index (χ3n) is 1.48. The van der Waals surface area contributed by atoms with Gasteiger partial charge in [0.05, 0.1) is 0 Å². The van der Waals surface area contributed by atoms with Crippen LogP contribution < -0.4 is 0 Å². The van der Waals surface area contributed by atoms with Gasteiger partial charge in [-0.1, -0.05) is 0 Å². The second-order valence-electron chi connectivity index (χ2n) is 2.37. The molecule has 0 bridgehead atoms. The molecule has 0 amide bonds. The summed E-state index contributed by atoms with van der Waals surface area (Å²) in [6.45, 7) is 0.232. The summed E-state index contributed by atoms with van der Waals surface area (Å²) in [5, 5.41) is 17.3. The van der Waals surface area contributed by atoms with Gasteiger partial charge in [0.25, 0.3) is 0 Å². The molecule has 0 heterocycles. The third kappa shape index (κ3) is 5.09. The zero-order valence-corrected chi connectivity index (χ0v) is 7.23. The summed E-state index contributed by atoms with van der Waals surface area (Å²) in [4.78, 5) is 0. The first-order chi connectivity index (χ1) is 4.85. The highest BCUT2D eigenvalue weighted by molar-refractivity contribution is 7.98. The third-order valence-corrected chi connectivity index (χ3v) is 2.17. The van der Waals surface area contributed by atoms with Crippen LogP contribution in [0.25, 0.3) is 0 Å². The van der Waals surface area contributed by atoms with Crippen molar-refractivity contribution < 1.29 is 10.2 Å². The standard InChI is InChI=1S/C7H16O2S/c1-10-4-2-3-7(5-8)6-9/h7-9H,2-6H2,1H3. The maximum absolute atomic E-state index is 8.66. The van der Waals surface area contributed by atoms with E-state index in [2.05, 4.69) is 6.26 Å². The first-order valence-corrected chi connectivity index (χ1v) is 4.95. The van der Waals surface area contributed by atoms with Gasteiger partial charge in [0.1, 0.15) is 0 Å². The molecule has 0 aromatic carbocycles. The Hall–Kier alpha value is 0.270. The summed E-state index contributed by atoms with van der Waals surface area (Å²) in [5.74, 6) is 1.23. The van der Waals surface area contributed by atoms with Crippen molar-refractivity contribution in [2.45, 2.75) is 12.8 Å². The molecular formula is C7H16O2S. The molecule has 0 aliphatic carbocycles. The number of aliphatic hydroxyl groups excluding tert-OH is 2. The maximum atomic E-state index is 8.66. The number of hydrogen-bond acceptors (Lipinski definition) is 3. The Morgan fingerprint density at radius 2 is 1.90 bits per heavy atom. The van der Waals surface area contributed by atoms with Crippen LogP contribution in [0.2, 0.25) is 0 Å². The van der Waals surface area contributed by atoms with Crippen molar-refractivity contribution in [1.82, 2.24) is 0 Å². The lowest BCUT2D eigenvalue weighted by molar-refractivity contribution is 0.143. The Labute approximate surface area is 66.6 Å². The molecule has 0 aliphatic heterocycles. The number of thioether (sulfide) groups is 1. The van der Waals surface area contributed by atoms with Gasteiger partial charge >= 0.3 is 0 Å². The molecule has 10 heavy (non-hydrogen) atoms. The smallest absolute Gasteiger partial charge is 0.0481 e. The first kappa shape index (κ1) is 10.3. The molecule has 0 radical (unpaired) electrons. The van der Waals surface area contributed by atoms with E-state index in [4.69, 9.17) is 10.2 Å². The zero-order valence-electron chi connectivity index (χ0n) is 6.42. The van der Waals surface area contributed by atoms with Gasteiger partial charge in [0.15, 0.2) is 0 Å². The summed E-state index contributed by atoms with van der Waals surface area (Å²) < 4.78 is 0. The highest BCUT2D eigenvalue weighted by Crippen LogP contribution is 2.07. The molecule has 0 saturated heterocycles. The Balaban J connectivity index is 3.09. The lowest BCUT2D eigenvalue weighted by Crippen LogP contribution is -2.10. The Morgan fingerprint density at radius 1 is 1.30 bits per heavy atom. The molecule has 0 aliphatic rings. The van der Waals surface area contributed by atoms with Gasteiger partial charge in [-0.05, 0) is 24.9 Å². The summed E-state index contributed by atoms with van der Waals surface area (Å²) in [6, 6.07) is 0. The minimum atomic E-state index is 0.104. The van der Waals surface area contributed by atoms with E-state index in [-0.39, 0.29) is 19.1 Å². The van der Waals surface area contributed by atoms with Crippen LogP contribution >= 0.6 is 11.8 Å². The van der Waals surface area contributed by atoms with E-state index >= 15 is 0 Å². The molecule has 0 spiro atoms. The van der Waals surface area contributed by atoms with E-state index in [0.29, 0.717) is 0 Å². The van der Waals surface area contributed by atoms with Crippen LogP contribution in [0, 0.1) is 5.92 Å². The monoisotopic (exact) mass is 164 g/mol. The molecule has 0 unspecified atom stereocenters. The van der Waals surface area contributed by atoms with Gasteiger partial charge in [-0.25, -0.2) is 0 Å². The van der Waals surface area contributed by atoms with Crippen LogP contribution in [0.5, 0.6) is 0 Å². The number of hydrogen-bond donors (Lipinski definition) is 2. The predicted octanol–water partition coefficient (Wildman–Crippen LogP) is 0.730. The van der Waals surface area contributed by atoms with Crippen LogP contribution in [-0.2, 0) is 0 Å². The molecule has 2 nitrogen and oxygen atoms in total. The quantitative estimate of drug-likeness (QED) is 0.569. The molecule has 0 rings (SSSR count). The lowest BCUT2D eigenvalue weighted by atomic mass is 10.1. The van der Waals surface area contributed by atoms with E-state index in [9.17, 15) is 0 Å². The highest BCUT2D eigenvalue weighted by Gasteiger charge is 2.03. The number of aliphatic hydroxyl groups is 2. The summed E-state index contributed by atoms with van der Waals surface area (Å²) in [7, 11) is 0. The van der Waals surface area contributed by atoms with Gasteiger partial charge in [-0.15, -0.1) is 0 Å². The average Bonchev–Trinajstić information content (AvgIpc) is 1.99. The van der Waals surface area contributed by atoms with E-state index in [1.54, 1.807) is 11.8 Å². The fourth-order valence-electron chi connectivity index (χ4n) is 0.757. The van der Waals surface area contributed by atoms with Crippen molar-refractivity contribution in [2.75, 3.05) is 25.2 Å². The Kier molecular flexibility index (Phi) is 7.58. The predicted molar refractivity (Wildman–Crippen MR) is 45.3 cm³/mol. The van der Waals surface area contributed by atoms with Crippen LogP contribution in [-0.4, -0.2) is 35.4 Å². The van der Waals surface area contributed by atoms with E-state index < -0.39 is 0 Å². The highest BCUT2D eigenvalue weighted by atomic mass is 32.2. The fraction of sp³-hybridized carbons (Fsp3) is 1.00. The van der Waals surface area contributed by atoms with Crippen molar-refractivity contribution >= 4 is 11.8 Å².